The first-order chi connectivity index (χ1) is 7.72. The lowest BCUT2D eigenvalue weighted by Gasteiger charge is -2.08. The minimum atomic E-state index is -0.234. The number of hydrogen-bond acceptors (Lipinski definition) is 3. The molecule has 0 aliphatic carbocycles. The summed E-state index contributed by atoms with van der Waals surface area (Å²) in [7, 11) is 0. The molecule has 90 valence electrons. The average Bonchev–Trinajstić information content (AvgIpc) is 2.25. The summed E-state index contributed by atoms with van der Waals surface area (Å²) in [6.45, 7) is 6.12. The van der Waals surface area contributed by atoms with Crippen molar-refractivity contribution in [1.82, 2.24) is 5.32 Å². The minimum Gasteiger partial charge on any atom is -0.494 e. The van der Waals surface area contributed by atoms with Gasteiger partial charge in [0.1, 0.15) is 5.75 Å². The molecule has 0 bridgehead atoms. The molecule has 0 heterocycles. The second-order valence-electron chi connectivity index (χ2n) is 3.89. The van der Waals surface area contributed by atoms with Crippen LogP contribution in [-0.4, -0.2) is 24.4 Å². The summed E-state index contributed by atoms with van der Waals surface area (Å²) in [5.41, 5.74) is 1.21. The molecule has 0 aliphatic heterocycles. The Kier molecular flexibility index (Phi) is 5.90. The number of nitrogens with one attached hydrogen (secondary N) is 1. The van der Waals surface area contributed by atoms with Crippen LogP contribution in [0.5, 0.6) is 5.75 Å². The highest BCUT2D eigenvalue weighted by molar-refractivity contribution is 5.28. The Balaban J connectivity index is 2.33. The van der Waals surface area contributed by atoms with Crippen molar-refractivity contribution in [3.05, 3.63) is 29.8 Å². The van der Waals surface area contributed by atoms with Gasteiger partial charge in [0.2, 0.25) is 0 Å². The van der Waals surface area contributed by atoms with Crippen LogP contribution < -0.4 is 10.1 Å². The van der Waals surface area contributed by atoms with Gasteiger partial charge in [-0.05, 0) is 44.5 Å². The van der Waals surface area contributed by atoms with Crippen molar-refractivity contribution >= 4 is 0 Å². The van der Waals surface area contributed by atoms with E-state index in [1.165, 1.54) is 5.56 Å². The number of benzene rings is 1. The molecule has 16 heavy (non-hydrogen) atoms. The van der Waals surface area contributed by atoms with E-state index in [0.29, 0.717) is 6.61 Å². The van der Waals surface area contributed by atoms with E-state index in [1.54, 1.807) is 6.92 Å². The number of aliphatic hydroxyl groups is 1. The van der Waals surface area contributed by atoms with Crippen LogP contribution in [0, 0.1) is 0 Å². The first-order valence-electron chi connectivity index (χ1n) is 5.83. The lowest BCUT2D eigenvalue weighted by Crippen LogP contribution is -2.18. The molecule has 2 N–H and O–H groups in total. The highest BCUT2D eigenvalue weighted by Gasteiger charge is 1.97. The highest BCUT2D eigenvalue weighted by Crippen LogP contribution is 2.12. The Labute approximate surface area is 97.4 Å². The van der Waals surface area contributed by atoms with Gasteiger partial charge >= 0.3 is 0 Å². The Morgan fingerprint density at radius 2 is 2.25 bits per heavy atom. The molecule has 3 nitrogen and oxygen atoms in total. The summed E-state index contributed by atoms with van der Waals surface area (Å²) in [5, 5.41) is 12.4. The maximum Gasteiger partial charge on any atom is 0.119 e. The van der Waals surface area contributed by atoms with Crippen molar-refractivity contribution in [1.29, 1.82) is 0 Å². The van der Waals surface area contributed by atoms with Crippen LogP contribution in [0.15, 0.2) is 24.3 Å². The maximum absolute atomic E-state index is 9.10. The fourth-order valence-electron chi connectivity index (χ4n) is 1.46. The smallest absolute Gasteiger partial charge is 0.119 e. The fourth-order valence-corrected chi connectivity index (χ4v) is 1.46. The molecular formula is C13H21NO2. The fraction of sp³-hybridized carbons (Fsp3) is 0.538. The van der Waals surface area contributed by atoms with Crippen LogP contribution in [0.4, 0.5) is 0 Å². The van der Waals surface area contributed by atoms with Crippen LogP contribution in [-0.2, 0) is 6.54 Å². The van der Waals surface area contributed by atoms with Gasteiger partial charge in [-0.1, -0.05) is 12.1 Å². The molecule has 3 heteroatoms. The van der Waals surface area contributed by atoms with E-state index in [1.807, 2.05) is 25.1 Å². The standard InChI is InChI=1S/C13H21NO2/c1-3-16-13-6-4-5-12(9-13)10-14-8-7-11(2)15/h4-6,9,11,14-15H,3,7-8,10H2,1-2H3. The van der Waals surface area contributed by atoms with Crippen molar-refractivity contribution in [3.8, 4) is 5.75 Å². The molecule has 0 saturated carbocycles. The summed E-state index contributed by atoms with van der Waals surface area (Å²) >= 11 is 0. The lowest BCUT2D eigenvalue weighted by atomic mass is 10.2. The lowest BCUT2D eigenvalue weighted by molar-refractivity contribution is 0.183. The number of rotatable bonds is 7. The molecule has 0 fully saturated rings. The summed E-state index contributed by atoms with van der Waals surface area (Å²) in [6, 6.07) is 8.07. The van der Waals surface area contributed by atoms with E-state index in [4.69, 9.17) is 9.84 Å². The van der Waals surface area contributed by atoms with E-state index in [2.05, 4.69) is 11.4 Å². The molecular weight excluding hydrogens is 202 g/mol. The van der Waals surface area contributed by atoms with Crippen molar-refractivity contribution < 1.29 is 9.84 Å². The van der Waals surface area contributed by atoms with E-state index < -0.39 is 0 Å². The number of hydrogen-bond donors (Lipinski definition) is 2. The van der Waals surface area contributed by atoms with E-state index in [-0.39, 0.29) is 6.10 Å². The summed E-state index contributed by atoms with van der Waals surface area (Å²) < 4.78 is 5.42. The van der Waals surface area contributed by atoms with Gasteiger partial charge < -0.3 is 15.2 Å². The van der Waals surface area contributed by atoms with Crippen LogP contribution >= 0.6 is 0 Å². The van der Waals surface area contributed by atoms with Gasteiger partial charge in [-0.25, -0.2) is 0 Å². The molecule has 1 unspecified atom stereocenters. The maximum atomic E-state index is 9.10. The zero-order valence-corrected chi connectivity index (χ0v) is 10.1. The van der Waals surface area contributed by atoms with Crippen LogP contribution in [0.2, 0.25) is 0 Å². The quantitative estimate of drug-likeness (QED) is 0.694. The molecule has 0 aromatic heterocycles. The van der Waals surface area contributed by atoms with Gasteiger partial charge in [0.05, 0.1) is 12.7 Å². The molecule has 0 aliphatic rings. The third kappa shape index (κ3) is 5.14. The predicted octanol–water partition coefficient (Wildman–Crippen LogP) is 1.95. The topological polar surface area (TPSA) is 41.5 Å². The van der Waals surface area contributed by atoms with Gasteiger partial charge in [-0.15, -0.1) is 0 Å². The van der Waals surface area contributed by atoms with Gasteiger partial charge in [0.25, 0.3) is 0 Å². The zero-order valence-electron chi connectivity index (χ0n) is 10.1. The Morgan fingerprint density at radius 3 is 2.94 bits per heavy atom. The van der Waals surface area contributed by atoms with E-state index in [9.17, 15) is 0 Å². The molecule has 0 saturated heterocycles. The first-order valence-corrected chi connectivity index (χ1v) is 5.83. The summed E-state index contributed by atoms with van der Waals surface area (Å²) in [6.07, 6.45) is 0.549. The molecule has 1 rings (SSSR count). The van der Waals surface area contributed by atoms with Crippen molar-refractivity contribution in [2.75, 3.05) is 13.2 Å². The van der Waals surface area contributed by atoms with Gasteiger partial charge in [0, 0.05) is 6.54 Å². The third-order valence-corrected chi connectivity index (χ3v) is 2.28. The normalized spacial score (nSPS) is 12.4. The third-order valence-electron chi connectivity index (χ3n) is 2.28. The zero-order chi connectivity index (χ0) is 11.8. The van der Waals surface area contributed by atoms with Crippen molar-refractivity contribution in [3.63, 3.8) is 0 Å². The summed E-state index contributed by atoms with van der Waals surface area (Å²) in [4.78, 5) is 0. The predicted molar refractivity (Wildman–Crippen MR) is 65.6 cm³/mol. The minimum absolute atomic E-state index is 0.234. The van der Waals surface area contributed by atoms with Gasteiger partial charge in [0.15, 0.2) is 0 Å². The first kappa shape index (κ1) is 13.0. The molecule has 0 spiro atoms. The largest absolute Gasteiger partial charge is 0.494 e. The molecule has 1 aromatic rings. The Bertz CT molecular complexity index is 300. The van der Waals surface area contributed by atoms with E-state index in [0.717, 1.165) is 25.3 Å². The molecule has 1 aromatic carbocycles. The van der Waals surface area contributed by atoms with Crippen LogP contribution in [0.3, 0.4) is 0 Å². The Morgan fingerprint density at radius 1 is 1.44 bits per heavy atom. The SMILES string of the molecule is CCOc1cccc(CNCCC(C)O)c1. The van der Waals surface area contributed by atoms with Crippen LogP contribution in [0.25, 0.3) is 0 Å². The second kappa shape index (κ2) is 7.25. The summed E-state index contributed by atoms with van der Waals surface area (Å²) in [5.74, 6) is 0.914. The van der Waals surface area contributed by atoms with E-state index >= 15 is 0 Å². The van der Waals surface area contributed by atoms with Gasteiger partial charge in [-0.3, -0.25) is 0 Å². The van der Waals surface area contributed by atoms with Crippen molar-refractivity contribution in [2.24, 2.45) is 0 Å². The Hall–Kier alpha value is -1.06. The number of ether oxygens (including phenoxy) is 1. The molecule has 0 radical (unpaired) electrons. The highest BCUT2D eigenvalue weighted by atomic mass is 16.5. The van der Waals surface area contributed by atoms with Gasteiger partial charge in [-0.2, -0.15) is 0 Å². The molecule has 1 atom stereocenters. The second-order valence-corrected chi connectivity index (χ2v) is 3.89. The number of aliphatic hydroxyl groups excluding tert-OH is 1. The monoisotopic (exact) mass is 223 g/mol. The van der Waals surface area contributed by atoms with Crippen LogP contribution in [0.1, 0.15) is 25.8 Å². The molecule has 0 amide bonds. The average molecular weight is 223 g/mol. The van der Waals surface area contributed by atoms with Crippen molar-refractivity contribution in [2.45, 2.75) is 32.9 Å².